The van der Waals surface area contributed by atoms with Crippen molar-refractivity contribution in [2.75, 3.05) is 7.05 Å². The van der Waals surface area contributed by atoms with Crippen molar-refractivity contribution in [3.63, 3.8) is 0 Å². The third-order valence-electron chi connectivity index (χ3n) is 2.59. The number of carbonyl (C=O) groups excluding carboxylic acids is 1. The SMILES string of the molecule is CNCc1cc(C(=O)NC2CC2)ccc1F. The van der Waals surface area contributed by atoms with Crippen molar-refractivity contribution >= 4 is 5.91 Å². The second-order valence-corrected chi connectivity index (χ2v) is 4.08. The van der Waals surface area contributed by atoms with Crippen LogP contribution in [0.4, 0.5) is 4.39 Å². The van der Waals surface area contributed by atoms with E-state index in [1.54, 1.807) is 13.1 Å². The van der Waals surface area contributed by atoms with Crippen LogP contribution in [0, 0.1) is 5.82 Å². The van der Waals surface area contributed by atoms with Gasteiger partial charge in [0.05, 0.1) is 0 Å². The van der Waals surface area contributed by atoms with Crippen molar-refractivity contribution in [3.8, 4) is 0 Å². The first-order valence-electron chi connectivity index (χ1n) is 5.44. The second-order valence-electron chi connectivity index (χ2n) is 4.08. The molecule has 0 saturated heterocycles. The number of amides is 1. The summed E-state index contributed by atoms with van der Waals surface area (Å²) in [5.74, 6) is -0.392. The minimum atomic E-state index is -0.280. The Morgan fingerprint density at radius 1 is 1.50 bits per heavy atom. The van der Waals surface area contributed by atoms with Crippen molar-refractivity contribution in [2.24, 2.45) is 0 Å². The number of benzene rings is 1. The van der Waals surface area contributed by atoms with Gasteiger partial charge in [-0.05, 0) is 38.1 Å². The molecule has 1 aromatic carbocycles. The third-order valence-corrected chi connectivity index (χ3v) is 2.59. The van der Waals surface area contributed by atoms with Gasteiger partial charge in [0, 0.05) is 23.7 Å². The summed E-state index contributed by atoms with van der Waals surface area (Å²) in [4.78, 5) is 11.7. The van der Waals surface area contributed by atoms with E-state index in [-0.39, 0.29) is 11.7 Å². The minimum absolute atomic E-state index is 0.111. The molecule has 0 unspecified atom stereocenters. The van der Waals surface area contributed by atoms with E-state index in [1.165, 1.54) is 12.1 Å². The molecule has 1 fully saturated rings. The normalized spacial score (nSPS) is 14.9. The molecule has 16 heavy (non-hydrogen) atoms. The molecule has 2 rings (SSSR count). The fourth-order valence-corrected chi connectivity index (χ4v) is 1.54. The summed E-state index contributed by atoms with van der Waals surface area (Å²) in [5.41, 5.74) is 1.05. The minimum Gasteiger partial charge on any atom is -0.349 e. The van der Waals surface area contributed by atoms with Gasteiger partial charge in [-0.1, -0.05) is 0 Å². The summed E-state index contributed by atoms with van der Waals surface area (Å²) in [7, 11) is 1.75. The Kier molecular flexibility index (Phi) is 3.19. The van der Waals surface area contributed by atoms with E-state index in [0.29, 0.717) is 23.7 Å². The highest BCUT2D eigenvalue weighted by atomic mass is 19.1. The molecule has 0 heterocycles. The number of hydrogen-bond donors (Lipinski definition) is 2. The summed E-state index contributed by atoms with van der Waals surface area (Å²) in [6, 6.07) is 4.79. The van der Waals surface area contributed by atoms with Crippen molar-refractivity contribution in [1.29, 1.82) is 0 Å². The highest BCUT2D eigenvalue weighted by Gasteiger charge is 2.23. The van der Waals surface area contributed by atoms with Gasteiger partial charge < -0.3 is 10.6 Å². The maximum atomic E-state index is 13.3. The molecule has 0 radical (unpaired) electrons. The van der Waals surface area contributed by atoms with E-state index in [0.717, 1.165) is 12.8 Å². The molecule has 0 aliphatic heterocycles. The Balaban J connectivity index is 2.13. The van der Waals surface area contributed by atoms with Gasteiger partial charge in [-0.2, -0.15) is 0 Å². The zero-order valence-corrected chi connectivity index (χ0v) is 9.22. The van der Waals surface area contributed by atoms with Gasteiger partial charge in [0.1, 0.15) is 5.82 Å². The van der Waals surface area contributed by atoms with Crippen LogP contribution in [-0.2, 0) is 6.54 Å². The van der Waals surface area contributed by atoms with Gasteiger partial charge in [0.25, 0.3) is 5.91 Å². The summed E-state index contributed by atoms with van der Waals surface area (Å²) in [6.45, 7) is 0.427. The summed E-state index contributed by atoms with van der Waals surface area (Å²) in [6.07, 6.45) is 2.10. The average Bonchev–Trinajstić information content (AvgIpc) is 3.05. The average molecular weight is 222 g/mol. The van der Waals surface area contributed by atoms with Crippen LogP contribution >= 0.6 is 0 Å². The first kappa shape index (κ1) is 11.1. The molecular weight excluding hydrogens is 207 g/mol. The van der Waals surface area contributed by atoms with Gasteiger partial charge >= 0.3 is 0 Å². The Bertz CT molecular complexity index is 402. The van der Waals surface area contributed by atoms with Crippen LogP contribution in [-0.4, -0.2) is 19.0 Å². The number of nitrogens with one attached hydrogen (secondary N) is 2. The smallest absolute Gasteiger partial charge is 0.251 e. The Hall–Kier alpha value is -1.42. The van der Waals surface area contributed by atoms with Crippen molar-refractivity contribution in [2.45, 2.75) is 25.4 Å². The van der Waals surface area contributed by atoms with Crippen LogP contribution in [0.3, 0.4) is 0 Å². The van der Waals surface area contributed by atoms with Crippen LogP contribution in [0.25, 0.3) is 0 Å². The highest BCUT2D eigenvalue weighted by molar-refractivity contribution is 5.94. The van der Waals surface area contributed by atoms with Gasteiger partial charge in [-0.25, -0.2) is 4.39 Å². The molecule has 1 aliphatic rings. The molecule has 2 N–H and O–H groups in total. The molecule has 3 nitrogen and oxygen atoms in total. The molecule has 1 aliphatic carbocycles. The lowest BCUT2D eigenvalue weighted by Crippen LogP contribution is -2.25. The molecule has 1 amide bonds. The van der Waals surface area contributed by atoms with Crippen LogP contribution in [0.2, 0.25) is 0 Å². The summed E-state index contributed by atoms with van der Waals surface area (Å²) < 4.78 is 13.3. The number of rotatable bonds is 4. The quantitative estimate of drug-likeness (QED) is 0.809. The summed E-state index contributed by atoms with van der Waals surface area (Å²) in [5, 5.41) is 5.75. The zero-order chi connectivity index (χ0) is 11.5. The third kappa shape index (κ3) is 2.58. The van der Waals surface area contributed by atoms with E-state index in [9.17, 15) is 9.18 Å². The topological polar surface area (TPSA) is 41.1 Å². The maximum Gasteiger partial charge on any atom is 0.251 e. The molecule has 1 saturated carbocycles. The first-order chi connectivity index (χ1) is 7.70. The van der Waals surface area contributed by atoms with Crippen LogP contribution in [0.1, 0.15) is 28.8 Å². The van der Waals surface area contributed by atoms with E-state index in [1.807, 2.05) is 0 Å². The number of halogens is 1. The van der Waals surface area contributed by atoms with Crippen LogP contribution < -0.4 is 10.6 Å². The lowest BCUT2D eigenvalue weighted by Gasteiger charge is -2.07. The van der Waals surface area contributed by atoms with Gasteiger partial charge in [-0.15, -0.1) is 0 Å². The molecule has 0 spiro atoms. The van der Waals surface area contributed by atoms with Crippen LogP contribution in [0.5, 0.6) is 0 Å². The van der Waals surface area contributed by atoms with Crippen LogP contribution in [0.15, 0.2) is 18.2 Å². The summed E-state index contributed by atoms with van der Waals surface area (Å²) >= 11 is 0. The largest absolute Gasteiger partial charge is 0.349 e. The van der Waals surface area contributed by atoms with Crippen molar-refractivity contribution in [3.05, 3.63) is 35.1 Å². The van der Waals surface area contributed by atoms with E-state index in [4.69, 9.17) is 0 Å². The molecule has 4 heteroatoms. The maximum absolute atomic E-state index is 13.3. The van der Waals surface area contributed by atoms with Crippen molar-refractivity contribution in [1.82, 2.24) is 10.6 Å². The van der Waals surface area contributed by atoms with E-state index < -0.39 is 0 Å². The standard InChI is InChI=1S/C12H15FN2O/c1-14-7-9-6-8(2-5-11(9)13)12(16)15-10-3-4-10/h2,5-6,10,14H,3-4,7H2,1H3,(H,15,16). The second kappa shape index (κ2) is 4.61. The lowest BCUT2D eigenvalue weighted by molar-refractivity contribution is 0.0951. The molecular formula is C12H15FN2O. The molecule has 0 atom stereocenters. The number of carbonyl (C=O) groups is 1. The zero-order valence-electron chi connectivity index (χ0n) is 9.22. The molecule has 0 aromatic heterocycles. The fourth-order valence-electron chi connectivity index (χ4n) is 1.54. The highest BCUT2D eigenvalue weighted by Crippen LogP contribution is 2.19. The fraction of sp³-hybridized carbons (Fsp3) is 0.417. The Labute approximate surface area is 94.0 Å². The predicted molar refractivity (Wildman–Crippen MR) is 59.7 cm³/mol. The van der Waals surface area contributed by atoms with Crippen molar-refractivity contribution < 1.29 is 9.18 Å². The molecule has 0 bridgehead atoms. The number of hydrogen-bond acceptors (Lipinski definition) is 2. The first-order valence-corrected chi connectivity index (χ1v) is 5.44. The predicted octanol–water partition coefficient (Wildman–Crippen LogP) is 1.44. The Morgan fingerprint density at radius 3 is 2.88 bits per heavy atom. The van der Waals surface area contributed by atoms with Gasteiger partial charge in [-0.3, -0.25) is 4.79 Å². The lowest BCUT2D eigenvalue weighted by atomic mass is 10.1. The molecule has 86 valence electrons. The molecule has 1 aromatic rings. The Morgan fingerprint density at radius 2 is 2.25 bits per heavy atom. The van der Waals surface area contributed by atoms with Gasteiger partial charge in [0.15, 0.2) is 0 Å². The van der Waals surface area contributed by atoms with E-state index in [2.05, 4.69) is 10.6 Å². The van der Waals surface area contributed by atoms with E-state index >= 15 is 0 Å². The monoisotopic (exact) mass is 222 g/mol. The van der Waals surface area contributed by atoms with Gasteiger partial charge in [0.2, 0.25) is 0 Å².